The third-order valence-electron chi connectivity index (χ3n) is 2.91. The number of halogens is 3. The molecule has 0 aromatic heterocycles. The zero-order valence-corrected chi connectivity index (χ0v) is 13.3. The van der Waals surface area contributed by atoms with E-state index in [2.05, 4.69) is 14.6 Å². The second-order valence-corrected chi connectivity index (χ2v) is 5.76. The van der Waals surface area contributed by atoms with Crippen molar-refractivity contribution in [2.75, 3.05) is 0 Å². The molecule has 1 aliphatic carbocycles. The van der Waals surface area contributed by atoms with Crippen molar-refractivity contribution in [3.63, 3.8) is 0 Å². The fourth-order valence-electron chi connectivity index (χ4n) is 2.01. The predicted molar refractivity (Wildman–Crippen MR) is 58.7 cm³/mol. The Morgan fingerprint density at radius 3 is 1.88 bits per heavy atom. The van der Waals surface area contributed by atoms with Gasteiger partial charge in [0, 0.05) is 0 Å². The van der Waals surface area contributed by atoms with Crippen molar-refractivity contribution >= 4 is 56.3 Å². The second-order valence-electron chi connectivity index (χ2n) is 4.20. The Labute approximate surface area is 134 Å². The zero-order chi connectivity index (χ0) is 12.9. The van der Waals surface area contributed by atoms with E-state index in [9.17, 15) is 13.6 Å². The summed E-state index contributed by atoms with van der Waals surface area (Å²) < 4.78 is 32.9. The molecule has 0 atom stereocenters. The van der Waals surface area contributed by atoms with Crippen LogP contribution in [0.5, 0.6) is 0 Å². The van der Waals surface area contributed by atoms with E-state index in [1.165, 1.54) is 19.3 Å². The Morgan fingerprint density at radius 1 is 1.00 bits per heavy atom. The Morgan fingerprint density at radius 2 is 1.53 bits per heavy atom. The molecule has 1 saturated carbocycles. The van der Waals surface area contributed by atoms with E-state index >= 15 is 0 Å². The Kier molecular flexibility index (Phi) is 14.9. The molecule has 0 saturated heterocycles. The first kappa shape index (κ1) is 18.4. The van der Waals surface area contributed by atoms with Gasteiger partial charge in [-0.25, -0.2) is 0 Å². The molecule has 96 valence electrons. The van der Waals surface area contributed by atoms with Crippen LogP contribution in [0.3, 0.4) is 0 Å². The Hall–Kier alpha value is 1.37. The van der Waals surface area contributed by atoms with Gasteiger partial charge in [-0.05, 0) is 0 Å². The summed E-state index contributed by atoms with van der Waals surface area (Å²) >= 11 is 1.11. The van der Waals surface area contributed by atoms with Crippen LogP contribution < -0.4 is 0 Å². The number of hydrogen-bond donors (Lipinski definition) is 0. The van der Waals surface area contributed by atoms with Gasteiger partial charge >= 0.3 is 108 Å². The molecule has 0 aliphatic heterocycles. The fourth-order valence-corrected chi connectivity index (χ4v) is 2.65. The van der Waals surface area contributed by atoms with Crippen molar-refractivity contribution < 1.29 is 28.2 Å². The summed E-state index contributed by atoms with van der Waals surface area (Å²) in [4.78, 5) is 7.06. The van der Waals surface area contributed by atoms with Gasteiger partial charge in [-0.1, -0.05) is 13.6 Å². The van der Waals surface area contributed by atoms with Gasteiger partial charge in [0.2, 0.25) is 0 Å². The van der Waals surface area contributed by atoms with Crippen molar-refractivity contribution in [3.05, 3.63) is 0 Å². The van der Waals surface area contributed by atoms with Crippen LogP contribution in [0.4, 0.5) is 13.6 Å². The molecular weight excluding hydrogens is 263 g/mol. The van der Waals surface area contributed by atoms with Gasteiger partial charge in [-0.15, -0.1) is 0 Å². The molecule has 17 heavy (non-hydrogen) atoms. The molecule has 0 unspecified atom stereocenters. The molecule has 0 radical (unpaired) electrons. The van der Waals surface area contributed by atoms with Crippen LogP contribution >= 0.6 is 0 Å². The summed E-state index contributed by atoms with van der Waals surface area (Å²) in [5.74, 6) is 1.14. The monoisotopic (exact) mass is 280 g/mol. The summed E-state index contributed by atoms with van der Waals surface area (Å²) in [5, 5.41) is 0. The van der Waals surface area contributed by atoms with Crippen LogP contribution in [0.1, 0.15) is 44.9 Å². The van der Waals surface area contributed by atoms with Gasteiger partial charge in [-0.2, -0.15) is 14.6 Å². The summed E-state index contributed by atoms with van der Waals surface area (Å²) in [5.41, 5.74) is 0. The van der Waals surface area contributed by atoms with Gasteiger partial charge in [-0.3, -0.25) is 0 Å². The summed E-state index contributed by atoms with van der Waals surface area (Å²) in [6, 6.07) is 0. The predicted octanol–water partition coefficient (Wildman–Crippen LogP) is 3.61. The minimum absolute atomic E-state index is 1.11. The molecule has 0 N–H and O–H groups in total. The topological polar surface area (TPSA) is 27.7 Å². The first-order chi connectivity index (χ1) is 8.28. The molecule has 1 fully saturated rings. The van der Waals surface area contributed by atoms with Crippen LogP contribution in [-0.2, 0) is 14.6 Å². The van der Waals surface area contributed by atoms with Gasteiger partial charge in [0.25, 0.3) is 0 Å². The fraction of sp³-hybridized carbons (Fsp3) is 1.00. The zero-order valence-electron chi connectivity index (χ0n) is 10.2. The molecular formula is C9H17BF3KO3. The molecule has 0 amide bonds. The van der Waals surface area contributed by atoms with Crippen molar-refractivity contribution in [2.45, 2.75) is 45.5 Å². The molecule has 0 bridgehead atoms. The van der Waals surface area contributed by atoms with Gasteiger partial charge in [0.05, 0.1) is 0 Å². The van der Waals surface area contributed by atoms with Crippen molar-refractivity contribution in [1.82, 2.24) is 0 Å². The quantitative estimate of drug-likeness (QED) is 0.696. The van der Waals surface area contributed by atoms with Crippen molar-refractivity contribution in [1.29, 1.82) is 0 Å². The Bertz CT molecular complexity index is 155. The van der Waals surface area contributed by atoms with Crippen molar-refractivity contribution in [3.8, 4) is 0 Å². The number of hydrogen-bond acceptors (Lipinski definition) is 3. The number of rotatable bonds is 6. The maximum atomic E-state index is 10.4. The first-order valence-corrected chi connectivity index (χ1v) is 8.31. The summed E-state index contributed by atoms with van der Waals surface area (Å²) in [6.07, 6.45) is 10.8. The normalized spacial score (nSPS) is 16.3. The van der Waals surface area contributed by atoms with E-state index in [0.29, 0.717) is 0 Å². The van der Waals surface area contributed by atoms with Crippen LogP contribution in [0.2, 0.25) is 0.515 Å². The molecule has 0 aromatic rings. The molecule has 0 heterocycles. The van der Waals surface area contributed by atoms with E-state index in [-0.39, 0.29) is 0 Å². The van der Waals surface area contributed by atoms with Gasteiger partial charge in [0.1, 0.15) is 0 Å². The average molecular weight is 280 g/mol. The molecule has 0 aromatic carbocycles. The SMILES string of the molecule is FOB(OF)OF.[K][CH2]CCC1CCCCC1. The molecule has 1 aliphatic rings. The van der Waals surface area contributed by atoms with E-state index in [4.69, 9.17) is 0 Å². The first-order valence-electron chi connectivity index (χ1n) is 6.10. The van der Waals surface area contributed by atoms with E-state index < -0.39 is 7.32 Å². The summed E-state index contributed by atoms with van der Waals surface area (Å²) in [6.45, 7) is 0. The van der Waals surface area contributed by atoms with Gasteiger partial charge < -0.3 is 0 Å². The molecule has 1 rings (SSSR count). The summed E-state index contributed by atoms with van der Waals surface area (Å²) in [7, 11) is -2.51. The van der Waals surface area contributed by atoms with Crippen molar-refractivity contribution in [2.24, 2.45) is 5.92 Å². The minimum atomic E-state index is -2.51. The van der Waals surface area contributed by atoms with E-state index in [1.54, 1.807) is 26.2 Å². The Balaban J connectivity index is 0.000000325. The van der Waals surface area contributed by atoms with Crippen LogP contribution in [0.15, 0.2) is 0 Å². The standard InChI is InChI=1S/C9H17.BF3O3.K/c1-2-6-9-7-4-3-5-8-9;2-5-1(6-3)7-4;/h9H,1-8H2;;. The average Bonchev–Trinajstić information content (AvgIpc) is 2.40. The van der Waals surface area contributed by atoms with Crippen LogP contribution in [0, 0.1) is 5.92 Å². The van der Waals surface area contributed by atoms with Gasteiger partial charge in [0.15, 0.2) is 0 Å². The maximum absolute atomic E-state index is 10.4. The second kappa shape index (κ2) is 13.8. The van der Waals surface area contributed by atoms with Crippen LogP contribution in [-0.4, -0.2) is 56.3 Å². The third-order valence-corrected chi connectivity index (χ3v) is 4.01. The van der Waals surface area contributed by atoms with E-state index in [1.807, 2.05) is 0 Å². The molecule has 8 heteroatoms. The molecule has 0 spiro atoms. The van der Waals surface area contributed by atoms with Crippen LogP contribution in [0.25, 0.3) is 0 Å². The third kappa shape index (κ3) is 10.9. The van der Waals surface area contributed by atoms with E-state index in [0.717, 1.165) is 54.9 Å². The molecule has 3 nitrogen and oxygen atoms in total.